The summed E-state index contributed by atoms with van der Waals surface area (Å²) >= 11 is 11.9. The number of amides is 1. The molecular weight excluding hydrogens is 321 g/mol. The maximum absolute atomic E-state index is 12.0. The van der Waals surface area contributed by atoms with Crippen molar-refractivity contribution in [1.29, 1.82) is 0 Å². The monoisotopic (exact) mass is 343 g/mol. The van der Waals surface area contributed by atoms with E-state index in [1.165, 1.54) is 12.8 Å². The zero-order valence-corrected chi connectivity index (χ0v) is 14.2. The minimum Gasteiger partial charge on any atom is -0.340 e. The Hall–Kier alpha value is -0.810. The van der Waals surface area contributed by atoms with Crippen molar-refractivity contribution in [3.63, 3.8) is 0 Å². The van der Waals surface area contributed by atoms with E-state index in [-0.39, 0.29) is 12.5 Å². The fraction of sp³-hybridized carbons (Fsp3) is 0.562. The summed E-state index contributed by atoms with van der Waals surface area (Å²) in [5, 5.41) is 1.10. The van der Waals surface area contributed by atoms with Crippen molar-refractivity contribution in [3.8, 4) is 0 Å². The molecule has 1 aliphatic heterocycles. The SMILES string of the molecule is NCC(=O)N(CCc1ccc(Cl)c(Cl)c1)CCN1CCCC1. The maximum Gasteiger partial charge on any atom is 0.236 e. The number of carbonyl (C=O) groups excluding carboxylic acids is 1. The van der Waals surface area contributed by atoms with Gasteiger partial charge in [0.2, 0.25) is 5.91 Å². The van der Waals surface area contributed by atoms with Crippen molar-refractivity contribution in [2.75, 3.05) is 39.3 Å². The second-order valence-corrected chi connectivity index (χ2v) is 6.45. The predicted octanol–water partition coefficient (Wildman–Crippen LogP) is 2.42. The molecule has 0 saturated carbocycles. The van der Waals surface area contributed by atoms with Crippen molar-refractivity contribution in [2.24, 2.45) is 5.73 Å². The van der Waals surface area contributed by atoms with Crippen LogP contribution in [0.1, 0.15) is 18.4 Å². The quantitative estimate of drug-likeness (QED) is 0.827. The highest BCUT2D eigenvalue weighted by Gasteiger charge is 2.16. The molecule has 22 heavy (non-hydrogen) atoms. The average molecular weight is 344 g/mol. The standard InChI is InChI=1S/C16H23Cl2N3O/c17-14-4-3-13(11-15(14)18)5-8-21(16(22)12-19)10-9-20-6-1-2-7-20/h3-4,11H,1-2,5-10,12,19H2. The van der Waals surface area contributed by atoms with Gasteiger partial charge in [-0.1, -0.05) is 29.3 Å². The molecule has 1 fully saturated rings. The van der Waals surface area contributed by atoms with Crippen LogP contribution in [0.4, 0.5) is 0 Å². The van der Waals surface area contributed by atoms with Gasteiger partial charge in [0.1, 0.15) is 0 Å². The Morgan fingerprint density at radius 2 is 1.91 bits per heavy atom. The molecule has 1 amide bonds. The van der Waals surface area contributed by atoms with Crippen molar-refractivity contribution < 1.29 is 4.79 Å². The van der Waals surface area contributed by atoms with Gasteiger partial charge in [-0.05, 0) is 50.0 Å². The minimum absolute atomic E-state index is 0.000688. The molecule has 6 heteroatoms. The highest BCUT2D eigenvalue weighted by Crippen LogP contribution is 2.22. The van der Waals surface area contributed by atoms with E-state index in [9.17, 15) is 4.79 Å². The maximum atomic E-state index is 12.0. The smallest absolute Gasteiger partial charge is 0.236 e. The third-order valence-corrected chi connectivity index (χ3v) is 4.81. The lowest BCUT2D eigenvalue weighted by molar-refractivity contribution is -0.129. The zero-order chi connectivity index (χ0) is 15.9. The summed E-state index contributed by atoms with van der Waals surface area (Å²) < 4.78 is 0. The van der Waals surface area contributed by atoms with E-state index in [0.717, 1.165) is 38.2 Å². The van der Waals surface area contributed by atoms with E-state index in [2.05, 4.69) is 4.90 Å². The van der Waals surface area contributed by atoms with Crippen molar-refractivity contribution >= 4 is 29.1 Å². The molecule has 1 aliphatic rings. The van der Waals surface area contributed by atoms with E-state index in [0.29, 0.717) is 16.6 Å². The van der Waals surface area contributed by atoms with Gasteiger partial charge in [-0.15, -0.1) is 0 Å². The van der Waals surface area contributed by atoms with E-state index in [1.807, 2.05) is 17.0 Å². The van der Waals surface area contributed by atoms with Crippen LogP contribution in [-0.2, 0) is 11.2 Å². The summed E-state index contributed by atoms with van der Waals surface area (Å²) in [5.74, 6) is -0.000688. The van der Waals surface area contributed by atoms with Crippen LogP contribution in [0.3, 0.4) is 0 Å². The summed E-state index contributed by atoms with van der Waals surface area (Å²) in [6.45, 7) is 4.64. The average Bonchev–Trinajstić information content (AvgIpc) is 3.03. The fourth-order valence-corrected chi connectivity index (χ4v) is 3.04. The number of carbonyl (C=O) groups is 1. The van der Waals surface area contributed by atoms with Crippen LogP contribution in [0.15, 0.2) is 18.2 Å². The van der Waals surface area contributed by atoms with Gasteiger partial charge in [-0.25, -0.2) is 0 Å². The van der Waals surface area contributed by atoms with Crippen molar-refractivity contribution in [1.82, 2.24) is 9.80 Å². The van der Waals surface area contributed by atoms with Crippen LogP contribution in [0, 0.1) is 0 Å². The lowest BCUT2D eigenvalue weighted by Crippen LogP contribution is -2.42. The number of halogens is 2. The van der Waals surface area contributed by atoms with Gasteiger partial charge < -0.3 is 15.5 Å². The van der Waals surface area contributed by atoms with Crippen molar-refractivity contribution in [3.05, 3.63) is 33.8 Å². The number of likely N-dealkylation sites (tertiary alicyclic amines) is 1. The molecule has 1 saturated heterocycles. The van der Waals surface area contributed by atoms with Gasteiger partial charge in [0.05, 0.1) is 16.6 Å². The number of nitrogens with zero attached hydrogens (tertiary/aromatic N) is 2. The second kappa shape index (κ2) is 8.73. The molecule has 1 aromatic rings. The van der Waals surface area contributed by atoms with Gasteiger partial charge >= 0.3 is 0 Å². The Balaban J connectivity index is 1.88. The molecule has 0 radical (unpaired) electrons. The number of rotatable bonds is 7. The normalized spacial score (nSPS) is 15.2. The molecular formula is C16H23Cl2N3O. The molecule has 122 valence electrons. The van der Waals surface area contributed by atoms with Crippen LogP contribution in [0.2, 0.25) is 10.0 Å². The van der Waals surface area contributed by atoms with E-state index in [1.54, 1.807) is 6.07 Å². The molecule has 2 rings (SSSR count). The van der Waals surface area contributed by atoms with Crippen LogP contribution in [0.25, 0.3) is 0 Å². The van der Waals surface area contributed by atoms with Gasteiger partial charge in [-0.3, -0.25) is 4.79 Å². The number of benzene rings is 1. The molecule has 4 nitrogen and oxygen atoms in total. The van der Waals surface area contributed by atoms with Crippen LogP contribution in [-0.4, -0.2) is 55.0 Å². The first kappa shape index (κ1) is 17.5. The Labute approximate surface area is 142 Å². The largest absolute Gasteiger partial charge is 0.340 e. The molecule has 0 unspecified atom stereocenters. The molecule has 1 aromatic carbocycles. The minimum atomic E-state index is -0.000688. The van der Waals surface area contributed by atoms with Crippen LogP contribution in [0.5, 0.6) is 0 Å². The summed E-state index contributed by atoms with van der Waals surface area (Å²) in [6, 6.07) is 5.59. The third kappa shape index (κ3) is 5.13. The fourth-order valence-electron chi connectivity index (χ4n) is 2.72. The molecule has 1 heterocycles. The lowest BCUT2D eigenvalue weighted by atomic mass is 10.1. The molecule has 0 bridgehead atoms. The summed E-state index contributed by atoms with van der Waals surface area (Å²) in [4.78, 5) is 16.2. The first-order valence-corrected chi connectivity index (χ1v) is 8.50. The van der Waals surface area contributed by atoms with E-state index in [4.69, 9.17) is 28.9 Å². The Morgan fingerprint density at radius 1 is 1.18 bits per heavy atom. The first-order chi connectivity index (χ1) is 10.6. The summed E-state index contributed by atoms with van der Waals surface area (Å²) in [5.41, 5.74) is 6.60. The van der Waals surface area contributed by atoms with Gasteiger partial charge in [0.15, 0.2) is 0 Å². The zero-order valence-electron chi connectivity index (χ0n) is 12.7. The number of hydrogen-bond acceptors (Lipinski definition) is 3. The third-order valence-electron chi connectivity index (χ3n) is 4.07. The highest BCUT2D eigenvalue weighted by atomic mass is 35.5. The molecule has 2 N–H and O–H groups in total. The molecule has 0 spiro atoms. The Bertz CT molecular complexity index is 504. The molecule has 0 aromatic heterocycles. The second-order valence-electron chi connectivity index (χ2n) is 5.63. The van der Waals surface area contributed by atoms with Gasteiger partial charge in [0, 0.05) is 19.6 Å². The van der Waals surface area contributed by atoms with Crippen LogP contribution >= 0.6 is 23.2 Å². The van der Waals surface area contributed by atoms with Gasteiger partial charge in [-0.2, -0.15) is 0 Å². The predicted molar refractivity (Wildman–Crippen MR) is 91.5 cm³/mol. The summed E-state index contributed by atoms with van der Waals surface area (Å²) in [7, 11) is 0. The molecule has 0 atom stereocenters. The Kier molecular flexibility index (Phi) is 6.96. The Morgan fingerprint density at radius 3 is 2.55 bits per heavy atom. The lowest BCUT2D eigenvalue weighted by Gasteiger charge is -2.25. The highest BCUT2D eigenvalue weighted by molar-refractivity contribution is 6.42. The van der Waals surface area contributed by atoms with E-state index < -0.39 is 0 Å². The summed E-state index contributed by atoms with van der Waals surface area (Å²) in [6.07, 6.45) is 3.27. The van der Waals surface area contributed by atoms with Crippen molar-refractivity contribution in [2.45, 2.75) is 19.3 Å². The van der Waals surface area contributed by atoms with E-state index >= 15 is 0 Å². The topological polar surface area (TPSA) is 49.6 Å². The number of nitrogens with two attached hydrogens (primary N) is 1. The number of hydrogen-bond donors (Lipinski definition) is 1. The first-order valence-electron chi connectivity index (χ1n) is 7.74. The molecule has 0 aliphatic carbocycles. The van der Waals surface area contributed by atoms with Gasteiger partial charge in [0.25, 0.3) is 0 Å². The van der Waals surface area contributed by atoms with Crippen LogP contribution < -0.4 is 5.73 Å².